The molecule has 1 saturated heterocycles. The van der Waals surface area contributed by atoms with Gasteiger partial charge in [0, 0.05) is 32.7 Å². The minimum Gasteiger partial charge on any atom is -0.481 e. The first-order valence-corrected chi connectivity index (χ1v) is 10.6. The van der Waals surface area contributed by atoms with E-state index in [2.05, 4.69) is 4.90 Å². The molecule has 0 amide bonds. The molecule has 6 nitrogen and oxygen atoms in total. The van der Waals surface area contributed by atoms with Gasteiger partial charge in [-0.05, 0) is 24.3 Å². The predicted molar refractivity (Wildman–Crippen MR) is 95.5 cm³/mol. The van der Waals surface area contributed by atoms with E-state index in [-0.39, 0.29) is 5.92 Å². The Morgan fingerprint density at radius 2 is 2.08 bits per heavy atom. The normalized spacial score (nSPS) is 26.9. The molecule has 0 spiro atoms. The Morgan fingerprint density at radius 3 is 2.68 bits per heavy atom. The smallest absolute Gasteiger partial charge is 0.311 e. The van der Waals surface area contributed by atoms with Crippen molar-refractivity contribution in [3.8, 4) is 0 Å². The molecule has 1 aromatic rings. The quantitative estimate of drug-likeness (QED) is 0.794. The lowest BCUT2D eigenvalue weighted by molar-refractivity contribution is -0.149. The average molecular weight is 366 g/mol. The molecular formula is C18H26N2O4S. The van der Waals surface area contributed by atoms with Gasteiger partial charge >= 0.3 is 5.97 Å². The molecule has 1 N–H and O–H groups in total. The van der Waals surface area contributed by atoms with Crippen molar-refractivity contribution in [1.29, 1.82) is 0 Å². The van der Waals surface area contributed by atoms with Crippen LogP contribution in [-0.2, 0) is 21.4 Å². The van der Waals surface area contributed by atoms with E-state index in [4.69, 9.17) is 0 Å². The largest absolute Gasteiger partial charge is 0.481 e. The lowest BCUT2D eigenvalue weighted by atomic mass is 9.81. The van der Waals surface area contributed by atoms with E-state index in [0.717, 1.165) is 31.4 Å². The maximum Gasteiger partial charge on any atom is 0.311 e. The Kier molecular flexibility index (Phi) is 5.18. The molecule has 0 unspecified atom stereocenters. The Balaban J connectivity index is 1.63. The number of likely N-dealkylation sites (tertiary alicyclic amines) is 1. The maximum absolute atomic E-state index is 12.1. The van der Waals surface area contributed by atoms with Gasteiger partial charge in [-0.2, -0.15) is 4.31 Å². The second-order valence-corrected chi connectivity index (χ2v) is 9.35. The molecule has 7 heteroatoms. The molecule has 1 aliphatic carbocycles. The summed E-state index contributed by atoms with van der Waals surface area (Å²) in [6.45, 7) is 2.60. The lowest BCUT2D eigenvalue weighted by Crippen LogP contribution is -2.39. The van der Waals surface area contributed by atoms with Crippen LogP contribution in [0.5, 0.6) is 0 Å². The SMILES string of the molecule is CS(=O)(=O)N(CCN1C[C@@H]2CCC[C@@]2(C(=O)O)C1)Cc1ccccc1. The fraction of sp³-hybridized carbons (Fsp3) is 0.611. The van der Waals surface area contributed by atoms with Crippen LogP contribution in [0.25, 0.3) is 0 Å². The highest BCUT2D eigenvalue weighted by Gasteiger charge is 2.54. The number of carboxylic acids is 1. The van der Waals surface area contributed by atoms with Gasteiger partial charge in [0.15, 0.2) is 0 Å². The van der Waals surface area contributed by atoms with Crippen LogP contribution < -0.4 is 0 Å². The molecular weight excluding hydrogens is 340 g/mol. The van der Waals surface area contributed by atoms with E-state index in [1.165, 1.54) is 10.6 Å². The van der Waals surface area contributed by atoms with Crippen LogP contribution in [0.3, 0.4) is 0 Å². The highest BCUT2D eigenvalue weighted by atomic mass is 32.2. The maximum atomic E-state index is 12.1. The van der Waals surface area contributed by atoms with Gasteiger partial charge < -0.3 is 10.0 Å². The van der Waals surface area contributed by atoms with Crippen molar-refractivity contribution in [3.05, 3.63) is 35.9 Å². The van der Waals surface area contributed by atoms with E-state index in [1.54, 1.807) is 0 Å². The number of hydrogen-bond donors (Lipinski definition) is 1. The summed E-state index contributed by atoms with van der Waals surface area (Å²) in [5, 5.41) is 9.66. The zero-order valence-corrected chi connectivity index (χ0v) is 15.4. The first kappa shape index (κ1) is 18.4. The van der Waals surface area contributed by atoms with Gasteiger partial charge in [-0.15, -0.1) is 0 Å². The van der Waals surface area contributed by atoms with Crippen molar-refractivity contribution in [1.82, 2.24) is 9.21 Å². The molecule has 0 bridgehead atoms. The van der Waals surface area contributed by atoms with Gasteiger partial charge in [0.25, 0.3) is 0 Å². The van der Waals surface area contributed by atoms with Crippen molar-refractivity contribution in [2.45, 2.75) is 25.8 Å². The molecule has 1 aromatic carbocycles. The van der Waals surface area contributed by atoms with Crippen molar-refractivity contribution in [2.75, 3.05) is 32.4 Å². The third-order valence-electron chi connectivity index (χ3n) is 5.70. The van der Waals surface area contributed by atoms with Crippen molar-refractivity contribution in [2.24, 2.45) is 11.3 Å². The number of hydrogen-bond acceptors (Lipinski definition) is 4. The van der Waals surface area contributed by atoms with E-state index < -0.39 is 21.4 Å². The van der Waals surface area contributed by atoms with Crippen LogP contribution in [0, 0.1) is 11.3 Å². The van der Waals surface area contributed by atoms with Crippen molar-refractivity contribution < 1.29 is 18.3 Å². The van der Waals surface area contributed by atoms with Gasteiger partial charge in [-0.3, -0.25) is 4.79 Å². The summed E-state index contributed by atoms with van der Waals surface area (Å²) in [5.41, 5.74) is 0.336. The molecule has 1 aliphatic heterocycles. The number of rotatable bonds is 7. The number of nitrogens with zero attached hydrogens (tertiary/aromatic N) is 2. The summed E-state index contributed by atoms with van der Waals surface area (Å²) in [6, 6.07) is 9.53. The van der Waals surface area contributed by atoms with E-state index in [9.17, 15) is 18.3 Å². The van der Waals surface area contributed by atoms with Gasteiger partial charge in [-0.25, -0.2) is 8.42 Å². The third-order valence-corrected chi connectivity index (χ3v) is 6.95. The molecule has 138 valence electrons. The van der Waals surface area contributed by atoms with Crippen molar-refractivity contribution >= 4 is 16.0 Å². The summed E-state index contributed by atoms with van der Waals surface area (Å²) in [6.07, 6.45) is 3.91. The summed E-state index contributed by atoms with van der Waals surface area (Å²) >= 11 is 0. The molecule has 1 saturated carbocycles. The molecule has 2 fully saturated rings. The van der Waals surface area contributed by atoms with Crippen LogP contribution in [0.2, 0.25) is 0 Å². The summed E-state index contributed by atoms with van der Waals surface area (Å²) in [4.78, 5) is 13.9. The molecule has 0 aromatic heterocycles. The number of aliphatic carboxylic acids is 1. The van der Waals surface area contributed by atoms with Crippen LogP contribution >= 0.6 is 0 Å². The number of carboxylic acid groups (broad SMARTS) is 1. The van der Waals surface area contributed by atoms with Crippen LogP contribution in [0.1, 0.15) is 24.8 Å². The Labute approximate surface area is 149 Å². The van der Waals surface area contributed by atoms with Gasteiger partial charge in [0.2, 0.25) is 10.0 Å². The third kappa shape index (κ3) is 3.88. The van der Waals surface area contributed by atoms with Crippen LogP contribution in [0.15, 0.2) is 30.3 Å². The predicted octanol–water partition coefficient (Wildman–Crippen LogP) is 1.63. The molecule has 2 atom stereocenters. The van der Waals surface area contributed by atoms with E-state index >= 15 is 0 Å². The summed E-state index contributed by atoms with van der Waals surface area (Å²) in [7, 11) is -3.31. The Hall–Kier alpha value is -1.44. The second kappa shape index (κ2) is 7.05. The number of carbonyl (C=O) groups is 1. The average Bonchev–Trinajstić information content (AvgIpc) is 3.09. The number of fused-ring (bicyclic) bond motifs is 1. The van der Waals surface area contributed by atoms with Gasteiger partial charge in [-0.1, -0.05) is 36.8 Å². The van der Waals surface area contributed by atoms with Crippen LogP contribution in [0.4, 0.5) is 0 Å². The van der Waals surface area contributed by atoms with Crippen LogP contribution in [-0.4, -0.2) is 61.1 Å². The van der Waals surface area contributed by atoms with E-state index in [0.29, 0.717) is 26.2 Å². The summed E-state index contributed by atoms with van der Waals surface area (Å²) < 4.78 is 25.7. The molecule has 1 heterocycles. The minimum atomic E-state index is -3.31. The Morgan fingerprint density at radius 1 is 1.36 bits per heavy atom. The Bertz CT molecular complexity index is 722. The summed E-state index contributed by atoms with van der Waals surface area (Å²) in [5.74, 6) is -0.493. The zero-order chi connectivity index (χ0) is 18.1. The van der Waals surface area contributed by atoms with Gasteiger partial charge in [0.1, 0.15) is 0 Å². The molecule has 0 radical (unpaired) electrons. The van der Waals surface area contributed by atoms with Crippen molar-refractivity contribution in [3.63, 3.8) is 0 Å². The van der Waals surface area contributed by atoms with Gasteiger partial charge in [0.05, 0.1) is 11.7 Å². The highest BCUT2D eigenvalue weighted by molar-refractivity contribution is 7.88. The fourth-order valence-corrected chi connectivity index (χ4v) is 5.11. The highest BCUT2D eigenvalue weighted by Crippen LogP contribution is 2.48. The monoisotopic (exact) mass is 366 g/mol. The lowest BCUT2D eigenvalue weighted by Gasteiger charge is -2.25. The first-order valence-electron chi connectivity index (χ1n) is 8.76. The minimum absolute atomic E-state index is 0.200. The topological polar surface area (TPSA) is 77.9 Å². The first-order chi connectivity index (χ1) is 11.8. The standard InChI is InChI=1S/C18H26N2O4S/c1-25(23,24)20(12-15-6-3-2-4-7-15)11-10-19-13-16-8-5-9-18(16,14-19)17(21)22/h2-4,6-7,16H,5,8-14H2,1H3,(H,21,22)/t16-,18+/m0/s1. The molecule has 3 rings (SSSR count). The number of benzene rings is 1. The zero-order valence-electron chi connectivity index (χ0n) is 14.6. The molecule has 25 heavy (non-hydrogen) atoms. The number of sulfonamides is 1. The fourth-order valence-electron chi connectivity index (χ4n) is 4.32. The van der Waals surface area contributed by atoms with E-state index in [1.807, 2.05) is 30.3 Å². The molecule has 2 aliphatic rings. The second-order valence-electron chi connectivity index (χ2n) is 7.37.